The molecule has 3 aromatic rings. The van der Waals surface area contributed by atoms with E-state index in [2.05, 4.69) is 37.1 Å². The Morgan fingerprint density at radius 1 is 1.26 bits per heavy atom. The summed E-state index contributed by atoms with van der Waals surface area (Å²) in [6.45, 7) is 7.07. The highest BCUT2D eigenvalue weighted by atomic mass is 35.5. The fourth-order valence-electron chi connectivity index (χ4n) is 5.16. The van der Waals surface area contributed by atoms with Crippen LogP contribution in [0.2, 0.25) is 5.02 Å². The third-order valence-corrected chi connectivity index (χ3v) is 7.52. The van der Waals surface area contributed by atoms with Crippen molar-refractivity contribution in [3.05, 3.63) is 34.6 Å². The minimum Gasteiger partial charge on any atom is -0.458 e. The van der Waals surface area contributed by atoms with E-state index in [1.54, 1.807) is 12.1 Å². The average molecular weight is 675 g/mol. The first kappa shape index (κ1) is 35.9. The van der Waals surface area contributed by atoms with E-state index >= 15 is 0 Å². The van der Waals surface area contributed by atoms with Gasteiger partial charge in [0, 0.05) is 19.1 Å². The number of ether oxygens (including phenoxy) is 2. The molecule has 246 valence electrons. The smallest absolute Gasteiger partial charge is 0.407 e. The van der Waals surface area contributed by atoms with E-state index in [9.17, 15) is 20.1 Å². The number of amides is 1. The molecule has 0 saturated carbocycles. The molecule has 4 rings (SSSR count). The van der Waals surface area contributed by atoms with Crippen LogP contribution in [-0.4, -0.2) is 76.6 Å². The Bertz CT molecular complexity index is 1640. The van der Waals surface area contributed by atoms with Gasteiger partial charge in [-0.3, -0.25) is 4.79 Å². The highest BCUT2D eigenvalue weighted by Crippen LogP contribution is 2.37. The third-order valence-electron chi connectivity index (χ3n) is 7.12. The van der Waals surface area contributed by atoms with Gasteiger partial charge >= 0.3 is 12.1 Å². The van der Waals surface area contributed by atoms with Crippen LogP contribution < -0.4 is 26.6 Å². The molecule has 1 aliphatic heterocycles. The molecule has 2 aromatic heterocycles. The second-order valence-electron chi connectivity index (χ2n) is 11.0. The Kier molecular flexibility index (Phi) is 12.6. The zero-order valence-electron chi connectivity index (χ0n) is 25.9. The van der Waals surface area contributed by atoms with E-state index in [1.807, 2.05) is 31.7 Å². The SMILES string of the molecule is CCNc1nc(Nc2cc(C#N)cc(N3CC[C@@H](NC(=O)OC)[C@@H](OC(=O)C[C@H](N)CC(C)C)C3)c2Cl)nn2c(C#N)cnc12.Cl. The fourth-order valence-corrected chi connectivity index (χ4v) is 5.44. The molecule has 3 atom stereocenters. The van der Waals surface area contributed by atoms with Crippen LogP contribution in [0.25, 0.3) is 5.65 Å². The molecule has 0 radical (unpaired) electrons. The number of imidazole rings is 1. The molecule has 1 aliphatic rings. The predicted octanol–water partition coefficient (Wildman–Crippen LogP) is 3.73. The number of aromatic nitrogens is 4. The molecule has 5 N–H and O–H groups in total. The summed E-state index contributed by atoms with van der Waals surface area (Å²) in [6, 6.07) is 6.51. The maximum absolute atomic E-state index is 12.9. The number of methoxy groups -OCH3 is 1. The van der Waals surface area contributed by atoms with E-state index in [4.69, 9.17) is 26.8 Å². The molecular weight excluding hydrogens is 637 g/mol. The molecule has 3 heterocycles. The molecule has 0 bridgehead atoms. The van der Waals surface area contributed by atoms with Gasteiger partial charge in [-0.2, -0.15) is 20.0 Å². The molecule has 0 unspecified atom stereocenters. The first-order valence-corrected chi connectivity index (χ1v) is 14.9. The summed E-state index contributed by atoms with van der Waals surface area (Å²) in [5.74, 6) is 0.356. The third kappa shape index (κ3) is 8.57. The van der Waals surface area contributed by atoms with Gasteiger partial charge in [-0.1, -0.05) is 25.4 Å². The van der Waals surface area contributed by atoms with Crippen LogP contribution in [0.4, 0.5) is 27.9 Å². The van der Waals surface area contributed by atoms with Crippen molar-refractivity contribution >= 4 is 64.9 Å². The normalized spacial score (nSPS) is 16.5. The summed E-state index contributed by atoms with van der Waals surface area (Å²) in [7, 11) is 1.26. The van der Waals surface area contributed by atoms with Gasteiger partial charge in [0.15, 0.2) is 17.2 Å². The molecule has 0 spiro atoms. The maximum atomic E-state index is 12.9. The summed E-state index contributed by atoms with van der Waals surface area (Å²) in [4.78, 5) is 35.6. The number of esters is 1. The molecular formula is C29H37Cl2N11O4. The van der Waals surface area contributed by atoms with Crippen molar-refractivity contribution in [1.82, 2.24) is 24.9 Å². The summed E-state index contributed by atoms with van der Waals surface area (Å²) in [5, 5.41) is 33.0. The molecule has 1 aromatic carbocycles. The minimum atomic E-state index is -0.756. The Balaban J connectivity index is 0.00000576. The van der Waals surface area contributed by atoms with Crippen molar-refractivity contribution in [3.63, 3.8) is 0 Å². The number of piperidine rings is 1. The van der Waals surface area contributed by atoms with Gasteiger partial charge in [-0.25, -0.2) is 9.78 Å². The molecule has 0 aliphatic carbocycles. The minimum absolute atomic E-state index is 0. The Morgan fingerprint density at radius 3 is 2.67 bits per heavy atom. The lowest BCUT2D eigenvalue weighted by molar-refractivity contribution is -0.151. The lowest BCUT2D eigenvalue weighted by atomic mass is 9.99. The number of nitrogens with one attached hydrogen (secondary N) is 3. The number of nitrogens with zero attached hydrogens (tertiary/aromatic N) is 7. The number of nitrogens with two attached hydrogens (primary N) is 1. The molecule has 17 heteroatoms. The van der Waals surface area contributed by atoms with Gasteiger partial charge < -0.3 is 36.1 Å². The van der Waals surface area contributed by atoms with Crippen LogP contribution in [0.1, 0.15) is 51.3 Å². The number of fused-ring (bicyclic) bond motifs is 1. The summed E-state index contributed by atoms with van der Waals surface area (Å²) < 4.78 is 12.0. The topological polar surface area (TPSA) is 209 Å². The number of halogens is 2. The van der Waals surface area contributed by atoms with Crippen LogP contribution in [-0.2, 0) is 14.3 Å². The number of carbonyl (C=O) groups excluding carboxylic acids is 2. The quantitative estimate of drug-likeness (QED) is 0.214. The largest absolute Gasteiger partial charge is 0.458 e. The van der Waals surface area contributed by atoms with Crippen LogP contribution in [0.5, 0.6) is 0 Å². The van der Waals surface area contributed by atoms with Crippen molar-refractivity contribution in [2.45, 2.75) is 58.2 Å². The average Bonchev–Trinajstić information content (AvgIpc) is 3.42. The standard InChI is InChI=1S/C29H36ClN11O4.ClH/c1-5-34-26-27-35-14-19(13-32)41(27)39-28(38-26)36-21-9-17(12-31)10-22(25(21)30)40-7-6-20(37-29(43)44-4)23(15-40)45-24(42)11-18(33)8-16(2)3;/h9-10,14,16,18,20,23H,5-8,11,15,33H2,1-4H3,(H,37,43)(H2,34,36,38,39);1H/t18-,20-,23+;/m1./s1. The Labute approximate surface area is 277 Å². The molecule has 1 amide bonds. The number of hydrogen-bond acceptors (Lipinski definition) is 13. The van der Waals surface area contributed by atoms with Crippen LogP contribution in [0.15, 0.2) is 18.3 Å². The maximum Gasteiger partial charge on any atom is 0.407 e. The predicted molar refractivity (Wildman–Crippen MR) is 174 cm³/mol. The second kappa shape index (κ2) is 16.1. The lowest BCUT2D eigenvalue weighted by Gasteiger charge is -2.39. The van der Waals surface area contributed by atoms with Gasteiger partial charge in [-0.05, 0) is 37.8 Å². The highest BCUT2D eigenvalue weighted by molar-refractivity contribution is 6.36. The molecule has 1 fully saturated rings. The number of benzene rings is 1. The number of nitriles is 2. The van der Waals surface area contributed by atoms with E-state index in [-0.39, 0.29) is 48.1 Å². The number of hydrogen-bond donors (Lipinski definition) is 4. The van der Waals surface area contributed by atoms with Crippen LogP contribution >= 0.6 is 24.0 Å². The number of alkyl carbamates (subject to hydrolysis) is 1. The molecule has 46 heavy (non-hydrogen) atoms. The van der Waals surface area contributed by atoms with Crippen LogP contribution in [0.3, 0.4) is 0 Å². The Hall–Kier alpha value is -4.57. The monoisotopic (exact) mass is 673 g/mol. The van der Waals surface area contributed by atoms with Crippen molar-refractivity contribution in [2.75, 3.05) is 42.3 Å². The zero-order chi connectivity index (χ0) is 32.7. The number of carbonyl (C=O) groups is 2. The van der Waals surface area contributed by atoms with Gasteiger partial charge in [-0.15, -0.1) is 17.5 Å². The summed E-state index contributed by atoms with van der Waals surface area (Å²) in [6.07, 6.45) is 1.08. The van der Waals surface area contributed by atoms with E-state index in [1.165, 1.54) is 17.8 Å². The van der Waals surface area contributed by atoms with Crippen molar-refractivity contribution in [1.29, 1.82) is 10.5 Å². The number of anilines is 4. The van der Waals surface area contributed by atoms with Crippen molar-refractivity contribution in [3.8, 4) is 12.1 Å². The first-order chi connectivity index (χ1) is 21.6. The molecule has 1 saturated heterocycles. The van der Waals surface area contributed by atoms with E-state index in [0.29, 0.717) is 60.3 Å². The molecule has 15 nitrogen and oxygen atoms in total. The first-order valence-electron chi connectivity index (χ1n) is 14.5. The zero-order valence-corrected chi connectivity index (χ0v) is 27.5. The van der Waals surface area contributed by atoms with Crippen molar-refractivity contribution in [2.24, 2.45) is 11.7 Å². The van der Waals surface area contributed by atoms with Gasteiger partial charge in [0.25, 0.3) is 0 Å². The second-order valence-corrected chi connectivity index (χ2v) is 11.4. The van der Waals surface area contributed by atoms with Gasteiger partial charge in [0.2, 0.25) is 5.95 Å². The van der Waals surface area contributed by atoms with E-state index in [0.717, 1.165) is 0 Å². The highest BCUT2D eigenvalue weighted by Gasteiger charge is 2.35. The van der Waals surface area contributed by atoms with Crippen molar-refractivity contribution < 1.29 is 19.1 Å². The number of rotatable bonds is 11. The summed E-state index contributed by atoms with van der Waals surface area (Å²) in [5.41, 5.74) is 7.87. The Morgan fingerprint density at radius 2 is 2.02 bits per heavy atom. The van der Waals surface area contributed by atoms with Gasteiger partial charge in [0.1, 0.15) is 12.2 Å². The lowest BCUT2D eigenvalue weighted by Crippen LogP contribution is -2.56. The van der Waals surface area contributed by atoms with Gasteiger partial charge in [0.05, 0.1) is 60.3 Å². The fraction of sp³-hybridized carbons (Fsp3) is 0.483. The van der Waals surface area contributed by atoms with Crippen LogP contribution in [0, 0.1) is 28.6 Å². The van der Waals surface area contributed by atoms with E-state index < -0.39 is 24.2 Å². The summed E-state index contributed by atoms with van der Waals surface area (Å²) >= 11 is 6.92.